The molecule has 1 heterocycles. The fraction of sp³-hybridized carbons (Fsp3) is 0.154. The van der Waals surface area contributed by atoms with Gasteiger partial charge in [-0.15, -0.1) is 4.68 Å². The minimum absolute atomic E-state index is 0.109. The molecule has 1 aromatic heterocycles. The zero-order valence-corrected chi connectivity index (χ0v) is 12.2. The molecule has 0 fully saturated rings. The van der Waals surface area contributed by atoms with Crippen LogP contribution in [-0.2, 0) is 11.6 Å². The van der Waals surface area contributed by atoms with Crippen LogP contribution in [0.4, 0.5) is 5.82 Å². The van der Waals surface area contributed by atoms with Crippen LogP contribution in [0.1, 0.15) is 5.56 Å². The summed E-state index contributed by atoms with van der Waals surface area (Å²) in [5.41, 5.74) is 0.683. The van der Waals surface area contributed by atoms with Crippen LogP contribution < -0.4 is 0 Å². The Bertz CT molecular complexity index is 725. The number of hydrogen-bond acceptors (Lipinski definition) is 7. The van der Waals surface area contributed by atoms with Crippen LogP contribution in [0.25, 0.3) is 0 Å². The fourth-order valence-corrected chi connectivity index (χ4v) is 1.65. The van der Waals surface area contributed by atoms with E-state index < -0.39 is 4.92 Å². The maximum absolute atomic E-state index is 10.5. The summed E-state index contributed by atoms with van der Waals surface area (Å²) < 4.78 is 1.19. The molecule has 10 heteroatoms. The van der Waals surface area contributed by atoms with Crippen molar-refractivity contribution in [1.82, 2.24) is 14.8 Å². The lowest BCUT2D eigenvalue weighted by Crippen LogP contribution is -2.30. The van der Waals surface area contributed by atoms with Crippen LogP contribution in [0.2, 0.25) is 0 Å². The van der Waals surface area contributed by atoms with E-state index in [1.165, 1.54) is 24.0 Å². The maximum atomic E-state index is 10.5. The lowest BCUT2D eigenvalue weighted by molar-refractivity contribution is -0.389. The van der Waals surface area contributed by atoms with Gasteiger partial charge in [-0.3, -0.25) is 10.6 Å². The highest BCUT2D eigenvalue weighted by atomic mass is 16.6. The van der Waals surface area contributed by atoms with Crippen molar-refractivity contribution in [3.63, 3.8) is 0 Å². The molecule has 2 aromatic rings. The van der Waals surface area contributed by atoms with E-state index in [4.69, 9.17) is 10.2 Å². The Labute approximate surface area is 130 Å². The van der Waals surface area contributed by atoms with Crippen LogP contribution in [0, 0.1) is 15.5 Å². The zero-order valence-electron chi connectivity index (χ0n) is 12.2. The summed E-state index contributed by atoms with van der Waals surface area (Å²) in [4.78, 5) is 15.0. The first kappa shape index (κ1) is 16.1. The minimum Gasteiger partial charge on any atom is -0.369 e. The second kappa shape index (κ2) is 7.13. The molecular weight excluding hydrogens is 304 g/mol. The number of benzene rings is 1. The van der Waals surface area contributed by atoms with Crippen LogP contribution >= 0.6 is 0 Å². The number of nitrogens with one attached hydrogen (secondary N) is 1. The summed E-state index contributed by atoms with van der Waals surface area (Å²) in [6, 6.07) is 9.96. The average Bonchev–Trinajstić information content (AvgIpc) is 3.01. The van der Waals surface area contributed by atoms with Gasteiger partial charge in [0.15, 0.2) is 11.5 Å². The van der Waals surface area contributed by atoms with Crippen molar-refractivity contribution in [3.8, 4) is 0 Å². The van der Waals surface area contributed by atoms with Crippen molar-refractivity contribution in [2.24, 2.45) is 5.16 Å². The molecular formula is C13H14N6O4. The third-order valence-electron chi connectivity index (χ3n) is 2.75. The first-order valence-corrected chi connectivity index (χ1v) is 6.44. The van der Waals surface area contributed by atoms with E-state index in [1.54, 1.807) is 30.3 Å². The Hall–Kier alpha value is -3.27. The summed E-state index contributed by atoms with van der Waals surface area (Å²) in [7, 11) is 1.29. The third kappa shape index (κ3) is 4.11. The van der Waals surface area contributed by atoms with Crippen molar-refractivity contribution < 1.29 is 15.0 Å². The molecule has 0 unspecified atom stereocenters. The molecule has 0 saturated carbocycles. The molecule has 0 radical (unpaired) electrons. The van der Waals surface area contributed by atoms with Crippen molar-refractivity contribution in [2.45, 2.75) is 6.73 Å². The van der Waals surface area contributed by atoms with Crippen LogP contribution in [-0.4, -0.2) is 43.6 Å². The van der Waals surface area contributed by atoms with Gasteiger partial charge in [-0.1, -0.05) is 35.5 Å². The average molecular weight is 318 g/mol. The standard InChI is InChI=1S/C13H14N6O4/c1-17(20)13(14)12(10-5-3-2-4-6-10)16-23-9-18-8-7-11(15-18)19(21)22/h2-8,14,20H,9H2,1H3. The van der Waals surface area contributed by atoms with Gasteiger partial charge in [-0.25, -0.2) is 5.06 Å². The molecule has 2 N–H and O–H groups in total. The monoisotopic (exact) mass is 318 g/mol. The summed E-state index contributed by atoms with van der Waals surface area (Å²) in [5.74, 6) is -0.564. The molecule has 10 nitrogen and oxygen atoms in total. The highest BCUT2D eigenvalue weighted by Crippen LogP contribution is 2.07. The molecule has 0 aliphatic rings. The molecule has 23 heavy (non-hydrogen) atoms. The van der Waals surface area contributed by atoms with Crippen molar-refractivity contribution >= 4 is 17.4 Å². The third-order valence-corrected chi connectivity index (χ3v) is 2.75. The fourth-order valence-electron chi connectivity index (χ4n) is 1.65. The predicted molar refractivity (Wildman–Crippen MR) is 80.2 cm³/mol. The van der Waals surface area contributed by atoms with E-state index in [-0.39, 0.29) is 24.1 Å². The second-order valence-corrected chi connectivity index (χ2v) is 4.41. The first-order valence-electron chi connectivity index (χ1n) is 6.44. The van der Waals surface area contributed by atoms with E-state index in [0.29, 0.717) is 10.6 Å². The van der Waals surface area contributed by atoms with Gasteiger partial charge in [0.1, 0.15) is 0 Å². The molecule has 0 amide bonds. The van der Waals surface area contributed by atoms with Gasteiger partial charge in [-0.05, 0) is 4.92 Å². The number of amidine groups is 1. The number of aromatic nitrogens is 2. The maximum Gasteiger partial charge on any atom is 0.390 e. The molecule has 120 valence electrons. The quantitative estimate of drug-likeness (QED) is 0.359. The summed E-state index contributed by atoms with van der Waals surface area (Å²) in [5, 5.41) is 35.9. The highest BCUT2D eigenvalue weighted by Gasteiger charge is 2.15. The Morgan fingerprint density at radius 1 is 1.48 bits per heavy atom. The zero-order chi connectivity index (χ0) is 16.8. The van der Waals surface area contributed by atoms with Crippen LogP contribution in [0.15, 0.2) is 47.8 Å². The molecule has 0 aliphatic carbocycles. The van der Waals surface area contributed by atoms with E-state index in [1.807, 2.05) is 0 Å². The number of likely N-dealkylation sites (N-methyl/N-ethyl adjacent to an activating group) is 1. The number of nitrogens with zero attached hydrogens (tertiary/aromatic N) is 5. The molecule has 0 saturated heterocycles. The lowest BCUT2D eigenvalue weighted by Gasteiger charge is -2.13. The molecule has 0 aliphatic heterocycles. The number of hydroxylamine groups is 2. The minimum atomic E-state index is -0.619. The van der Waals surface area contributed by atoms with Gasteiger partial charge < -0.3 is 15.0 Å². The Kier molecular flexibility index (Phi) is 5.00. The van der Waals surface area contributed by atoms with E-state index in [0.717, 1.165) is 0 Å². The van der Waals surface area contributed by atoms with Crippen molar-refractivity contribution in [2.75, 3.05) is 7.05 Å². The van der Waals surface area contributed by atoms with Gasteiger partial charge in [0, 0.05) is 12.6 Å². The van der Waals surface area contributed by atoms with E-state index in [9.17, 15) is 15.3 Å². The van der Waals surface area contributed by atoms with E-state index in [2.05, 4.69) is 10.3 Å². The van der Waals surface area contributed by atoms with Crippen LogP contribution in [0.3, 0.4) is 0 Å². The van der Waals surface area contributed by atoms with Crippen molar-refractivity contribution in [3.05, 3.63) is 58.3 Å². The smallest absolute Gasteiger partial charge is 0.369 e. The van der Waals surface area contributed by atoms with Gasteiger partial charge in [0.2, 0.25) is 6.73 Å². The number of hydrogen-bond donors (Lipinski definition) is 2. The number of nitro groups is 1. The topological polar surface area (TPSA) is 130 Å². The van der Waals surface area contributed by atoms with Gasteiger partial charge in [0.25, 0.3) is 0 Å². The molecule has 0 bridgehead atoms. The SMILES string of the molecule is CN(O)C(=N)C(=NOCn1ccc([N+](=O)[O-])n1)c1ccccc1. The summed E-state index contributed by atoms with van der Waals surface area (Å²) in [6.45, 7) is -0.174. The highest BCUT2D eigenvalue weighted by molar-refractivity contribution is 6.45. The van der Waals surface area contributed by atoms with Gasteiger partial charge >= 0.3 is 5.82 Å². The van der Waals surface area contributed by atoms with Gasteiger partial charge in [0.05, 0.1) is 17.4 Å². The first-order chi connectivity index (χ1) is 11.0. The van der Waals surface area contributed by atoms with Gasteiger partial charge in [-0.2, -0.15) is 0 Å². The normalized spacial score (nSPS) is 11.1. The number of oxime groups is 1. The largest absolute Gasteiger partial charge is 0.390 e. The lowest BCUT2D eigenvalue weighted by atomic mass is 10.1. The molecule has 2 rings (SSSR count). The molecule has 0 spiro atoms. The number of rotatable bonds is 6. The molecule has 0 atom stereocenters. The van der Waals surface area contributed by atoms with E-state index >= 15 is 0 Å². The Balaban J connectivity index is 2.14. The van der Waals surface area contributed by atoms with Crippen LogP contribution in [0.5, 0.6) is 0 Å². The summed E-state index contributed by atoms with van der Waals surface area (Å²) >= 11 is 0. The Morgan fingerprint density at radius 3 is 2.74 bits per heavy atom. The predicted octanol–water partition coefficient (Wildman–Crippen LogP) is 1.47. The Morgan fingerprint density at radius 2 is 2.17 bits per heavy atom. The second-order valence-electron chi connectivity index (χ2n) is 4.41. The summed E-state index contributed by atoms with van der Waals surface area (Å²) in [6.07, 6.45) is 1.37. The van der Waals surface area contributed by atoms with Crippen molar-refractivity contribution in [1.29, 1.82) is 5.41 Å². The molecule has 1 aromatic carbocycles.